The van der Waals surface area contributed by atoms with Crippen molar-refractivity contribution in [3.63, 3.8) is 0 Å². The van der Waals surface area contributed by atoms with Gasteiger partial charge >= 0.3 is 0 Å². The minimum Gasteiger partial charge on any atom is -0.491 e. The van der Waals surface area contributed by atoms with Crippen molar-refractivity contribution in [1.29, 1.82) is 0 Å². The predicted molar refractivity (Wildman–Crippen MR) is 122 cm³/mol. The van der Waals surface area contributed by atoms with Crippen LogP contribution in [0.25, 0.3) is 5.57 Å². The van der Waals surface area contributed by atoms with E-state index in [0.717, 1.165) is 36.7 Å². The number of hydrogen-bond donors (Lipinski definition) is 0. The highest BCUT2D eigenvalue weighted by molar-refractivity contribution is 5.76. The van der Waals surface area contributed by atoms with E-state index in [1.54, 1.807) is 0 Å². The van der Waals surface area contributed by atoms with Gasteiger partial charge < -0.3 is 18.9 Å². The van der Waals surface area contributed by atoms with Gasteiger partial charge in [0.25, 0.3) is 0 Å². The molecule has 162 valence electrons. The van der Waals surface area contributed by atoms with Gasteiger partial charge in [-0.1, -0.05) is 36.4 Å². The second kappa shape index (κ2) is 7.85. The van der Waals surface area contributed by atoms with Crippen LogP contribution in [0.3, 0.4) is 0 Å². The molecule has 4 heteroatoms. The number of epoxide rings is 2. The van der Waals surface area contributed by atoms with E-state index in [4.69, 9.17) is 18.9 Å². The highest BCUT2D eigenvalue weighted by atomic mass is 16.6. The normalized spacial score (nSPS) is 28.7. The van der Waals surface area contributed by atoms with Gasteiger partial charge in [0.15, 0.2) is 0 Å². The number of hydrogen-bond acceptors (Lipinski definition) is 4. The van der Waals surface area contributed by atoms with Crippen LogP contribution in [0, 0.1) is 6.92 Å². The molecule has 3 aliphatic rings. The average Bonchev–Trinajstić information content (AvgIpc) is 3.71. The minimum absolute atomic E-state index is 0.0849. The molecule has 2 fully saturated rings. The Morgan fingerprint density at radius 3 is 2.19 bits per heavy atom. The molecule has 0 N–H and O–H groups in total. The molecule has 2 aromatic rings. The van der Waals surface area contributed by atoms with Crippen LogP contribution in [0.5, 0.6) is 11.5 Å². The second-order valence-corrected chi connectivity index (χ2v) is 9.46. The van der Waals surface area contributed by atoms with E-state index < -0.39 is 0 Å². The zero-order valence-electron chi connectivity index (χ0n) is 18.5. The van der Waals surface area contributed by atoms with E-state index in [0.29, 0.717) is 19.1 Å². The van der Waals surface area contributed by atoms with Crippen molar-refractivity contribution in [2.24, 2.45) is 0 Å². The molecule has 0 aromatic heterocycles. The molecule has 31 heavy (non-hydrogen) atoms. The highest BCUT2D eigenvalue weighted by Crippen LogP contribution is 2.34. The molecule has 2 saturated heterocycles. The number of aryl methyl sites for hydroxylation is 1. The smallest absolute Gasteiger partial charge is 0.123 e. The Morgan fingerprint density at radius 1 is 0.935 bits per heavy atom. The molecule has 2 aromatic carbocycles. The molecule has 0 radical (unpaired) electrons. The van der Waals surface area contributed by atoms with Crippen LogP contribution in [0.1, 0.15) is 42.9 Å². The molecule has 5 rings (SSSR count). The fraction of sp³-hybridized carbons (Fsp3) is 0.407. The Morgan fingerprint density at radius 2 is 1.61 bits per heavy atom. The average molecular weight is 419 g/mol. The number of rotatable bonds is 8. The summed E-state index contributed by atoms with van der Waals surface area (Å²) < 4.78 is 22.6. The molecule has 3 atom stereocenters. The molecule has 2 heterocycles. The van der Waals surface area contributed by atoms with Gasteiger partial charge in [0, 0.05) is 5.92 Å². The van der Waals surface area contributed by atoms with Gasteiger partial charge in [-0.2, -0.15) is 0 Å². The van der Waals surface area contributed by atoms with E-state index in [-0.39, 0.29) is 11.2 Å². The molecule has 0 saturated carbocycles. The maximum Gasteiger partial charge on any atom is 0.123 e. The number of ether oxygens (including phenoxy) is 4. The van der Waals surface area contributed by atoms with E-state index in [1.165, 1.54) is 16.7 Å². The Bertz CT molecular complexity index is 1010. The Kier molecular flexibility index (Phi) is 5.15. The lowest BCUT2D eigenvalue weighted by atomic mass is 9.88. The van der Waals surface area contributed by atoms with Gasteiger partial charge in [0.05, 0.1) is 13.2 Å². The molecule has 0 bridgehead atoms. The van der Waals surface area contributed by atoms with Crippen LogP contribution in [-0.2, 0) is 9.47 Å². The Labute approximate surface area is 184 Å². The molecule has 1 aliphatic carbocycles. The van der Waals surface area contributed by atoms with Crippen LogP contribution < -0.4 is 9.47 Å². The lowest BCUT2D eigenvalue weighted by Crippen LogP contribution is -2.17. The van der Waals surface area contributed by atoms with E-state index in [2.05, 4.69) is 81.5 Å². The minimum atomic E-state index is -0.0944. The summed E-state index contributed by atoms with van der Waals surface area (Å²) >= 11 is 0. The van der Waals surface area contributed by atoms with Crippen LogP contribution in [0.4, 0.5) is 0 Å². The second-order valence-electron chi connectivity index (χ2n) is 9.46. The molecule has 0 amide bonds. The topological polar surface area (TPSA) is 43.5 Å². The van der Waals surface area contributed by atoms with Crippen molar-refractivity contribution in [3.8, 4) is 11.5 Å². The summed E-state index contributed by atoms with van der Waals surface area (Å²) in [7, 11) is 0. The van der Waals surface area contributed by atoms with Crippen molar-refractivity contribution >= 4 is 5.57 Å². The molecular weight excluding hydrogens is 388 g/mol. The van der Waals surface area contributed by atoms with Crippen molar-refractivity contribution in [2.45, 2.75) is 44.3 Å². The van der Waals surface area contributed by atoms with Gasteiger partial charge in [-0.25, -0.2) is 0 Å². The standard InChI is InChI=1S/C27H30O4/c1-19-14-23(10-13-25(19)29-16-27(3)18-31-27)22-6-4-20(5-7-22)21-8-11-24(12-9-21)28-15-26(2)17-30-26/h4,6-14,20H,5,15-18H2,1-3H3. The SMILES string of the molecule is Cc1cc(C2=CCC(c3ccc(OCC4(C)CO4)cc3)C=C2)ccc1OCC1(C)CO1. The zero-order valence-corrected chi connectivity index (χ0v) is 18.5. The van der Waals surface area contributed by atoms with Crippen molar-refractivity contribution in [2.75, 3.05) is 26.4 Å². The first-order chi connectivity index (χ1) is 14.9. The van der Waals surface area contributed by atoms with Gasteiger partial charge in [0.1, 0.15) is 35.9 Å². The van der Waals surface area contributed by atoms with Gasteiger partial charge in [-0.3, -0.25) is 0 Å². The summed E-state index contributed by atoms with van der Waals surface area (Å²) in [4.78, 5) is 0. The van der Waals surface area contributed by atoms with Crippen LogP contribution in [-0.4, -0.2) is 37.6 Å². The monoisotopic (exact) mass is 418 g/mol. The third kappa shape index (κ3) is 4.86. The molecule has 4 nitrogen and oxygen atoms in total. The first-order valence-corrected chi connectivity index (χ1v) is 11.0. The Balaban J connectivity index is 1.18. The summed E-state index contributed by atoms with van der Waals surface area (Å²) in [6.07, 6.45) is 7.85. The van der Waals surface area contributed by atoms with E-state index >= 15 is 0 Å². The summed E-state index contributed by atoms with van der Waals surface area (Å²) in [5.74, 6) is 2.23. The number of benzene rings is 2. The summed E-state index contributed by atoms with van der Waals surface area (Å²) in [5, 5.41) is 0. The third-order valence-corrected chi connectivity index (χ3v) is 6.27. The maximum atomic E-state index is 5.95. The molecule has 3 unspecified atom stereocenters. The summed E-state index contributed by atoms with van der Waals surface area (Å²) in [6, 6.07) is 14.9. The van der Waals surface area contributed by atoms with Crippen molar-refractivity contribution < 1.29 is 18.9 Å². The maximum absolute atomic E-state index is 5.95. The van der Waals surface area contributed by atoms with Gasteiger partial charge in [-0.15, -0.1) is 0 Å². The summed E-state index contributed by atoms with van der Waals surface area (Å²) in [5.41, 5.74) is 4.78. The lowest BCUT2D eigenvalue weighted by molar-refractivity contribution is 0.201. The predicted octanol–water partition coefficient (Wildman–Crippen LogP) is 5.46. The van der Waals surface area contributed by atoms with Crippen molar-refractivity contribution in [1.82, 2.24) is 0 Å². The van der Waals surface area contributed by atoms with Crippen molar-refractivity contribution in [3.05, 3.63) is 77.4 Å². The number of allylic oxidation sites excluding steroid dienone is 4. The first kappa shape index (κ1) is 20.3. The Hall–Kier alpha value is -2.56. The first-order valence-electron chi connectivity index (χ1n) is 11.0. The van der Waals surface area contributed by atoms with Crippen LogP contribution in [0.2, 0.25) is 0 Å². The molecular formula is C27H30O4. The van der Waals surface area contributed by atoms with E-state index in [9.17, 15) is 0 Å². The fourth-order valence-electron chi connectivity index (χ4n) is 3.76. The van der Waals surface area contributed by atoms with Crippen LogP contribution in [0.15, 0.2) is 60.7 Å². The fourth-order valence-corrected chi connectivity index (χ4v) is 3.76. The van der Waals surface area contributed by atoms with Gasteiger partial charge in [-0.05, 0) is 73.7 Å². The highest BCUT2D eigenvalue weighted by Gasteiger charge is 2.40. The van der Waals surface area contributed by atoms with Gasteiger partial charge in [0.2, 0.25) is 0 Å². The zero-order chi connectivity index (χ0) is 21.5. The lowest BCUT2D eigenvalue weighted by Gasteiger charge is -2.18. The summed E-state index contributed by atoms with van der Waals surface area (Å²) in [6.45, 7) is 9.04. The third-order valence-electron chi connectivity index (χ3n) is 6.27. The van der Waals surface area contributed by atoms with E-state index in [1.807, 2.05) is 0 Å². The largest absolute Gasteiger partial charge is 0.491 e. The quantitative estimate of drug-likeness (QED) is 0.534. The molecule has 0 spiro atoms. The van der Waals surface area contributed by atoms with Crippen LogP contribution >= 0.6 is 0 Å². The molecule has 2 aliphatic heterocycles.